The number of nitrogens with one attached hydrogen (secondary N) is 1. The van der Waals surface area contributed by atoms with E-state index in [1.807, 2.05) is 0 Å². The first-order valence-electron chi connectivity index (χ1n) is 6.22. The van der Waals surface area contributed by atoms with Gasteiger partial charge in [-0.25, -0.2) is 0 Å². The van der Waals surface area contributed by atoms with Gasteiger partial charge in [0.15, 0.2) is 0 Å². The summed E-state index contributed by atoms with van der Waals surface area (Å²) in [5, 5.41) is 3.35. The molecule has 1 aromatic rings. The van der Waals surface area contributed by atoms with Gasteiger partial charge in [0, 0.05) is 19.3 Å². The van der Waals surface area contributed by atoms with E-state index in [0.717, 1.165) is 19.6 Å². The molecule has 1 rings (SSSR count). The molecule has 0 aliphatic rings. The van der Waals surface area contributed by atoms with Crippen LogP contribution in [0.25, 0.3) is 0 Å². The number of benzene rings is 1. The molecule has 2 heteroatoms. The Hall–Kier alpha value is -1.02. The third-order valence-corrected chi connectivity index (χ3v) is 2.79. The topological polar surface area (TPSA) is 15.3 Å². The normalized spacial score (nSPS) is 10.4. The number of unbranched alkanes of at least 4 members (excludes halogenated alkanes) is 1. The smallest absolute Gasteiger partial charge is 0.0366 e. The Labute approximate surface area is 99.7 Å². The van der Waals surface area contributed by atoms with Gasteiger partial charge >= 0.3 is 0 Å². The average molecular weight is 220 g/mol. The standard InChI is InChI=1S/C14H24N2/c1-4-15-10-5-6-11-16(3)14-9-7-8-13(2)12-14/h7-9,12,15H,4-6,10-11H2,1-3H3. The van der Waals surface area contributed by atoms with Crippen molar-refractivity contribution in [3.8, 4) is 0 Å². The SMILES string of the molecule is CCNCCCCN(C)c1cccc(C)c1. The van der Waals surface area contributed by atoms with Gasteiger partial charge < -0.3 is 10.2 Å². The van der Waals surface area contributed by atoms with Crippen LogP contribution in [0.15, 0.2) is 24.3 Å². The Morgan fingerprint density at radius 2 is 2.06 bits per heavy atom. The van der Waals surface area contributed by atoms with Crippen LogP contribution in [0.4, 0.5) is 5.69 Å². The lowest BCUT2D eigenvalue weighted by Gasteiger charge is -2.19. The lowest BCUT2D eigenvalue weighted by atomic mass is 10.2. The third-order valence-electron chi connectivity index (χ3n) is 2.79. The molecule has 1 N–H and O–H groups in total. The molecule has 0 saturated heterocycles. The van der Waals surface area contributed by atoms with Crippen LogP contribution in [0.3, 0.4) is 0 Å². The summed E-state index contributed by atoms with van der Waals surface area (Å²) in [7, 11) is 2.17. The van der Waals surface area contributed by atoms with Crippen molar-refractivity contribution in [3.05, 3.63) is 29.8 Å². The van der Waals surface area contributed by atoms with Crippen molar-refractivity contribution in [3.63, 3.8) is 0 Å². The lowest BCUT2D eigenvalue weighted by Crippen LogP contribution is -2.20. The highest BCUT2D eigenvalue weighted by Gasteiger charge is 1.99. The minimum Gasteiger partial charge on any atom is -0.375 e. The number of rotatable bonds is 7. The molecule has 16 heavy (non-hydrogen) atoms. The summed E-state index contributed by atoms with van der Waals surface area (Å²) >= 11 is 0. The van der Waals surface area contributed by atoms with Crippen molar-refractivity contribution in [2.24, 2.45) is 0 Å². The highest BCUT2D eigenvalue weighted by molar-refractivity contribution is 5.47. The summed E-state index contributed by atoms with van der Waals surface area (Å²) < 4.78 is 0. The maximum absolute atomic E-state index is 3.35. The van der Waals surface area contributed by atoms with Crippen LogP contribution < -0.4 is 10.2 Å². The van der Waals surface area contributed by atoms with Crippen molar-refractivity contribution in [1.29, 1.82) is 0 Å². The number of aryl methyl sites for hydroxylation is 1. The van der Waals surface area contributed by atoms with Crippen molar-refractivity contribution in [2.75, 3.05) is 31.6 Å². The zero-order valence-electron chi connectivity index (χ0n) is 10.8. The van der Waals surface area contributed by atoms with Crippen molar-refractivity contribution < 1.29 is 0 Å². The molecule has 0 fully saturated rings. The minimum atomic E-state index is 1.08. The summed E-state index contributed by atoms with van der Waals surface area (Å²) in [6.45, 7) is 7.64. The maximum Gasteiger partial charge on any atom is 0.0366 e. The fourth-order valence-corrected chi connectivity index (χ4v) is 1.77. The molecule has 2 nitrogen and oxygen atoms in total. The Bertz CT molecular complexity index is 297. The largest absolute Gasteiger partial charge is 0.375 e. The average Bonchev–Trinajstić information content (AvgIpc) is 2.28. The molecule has 0 aliphatic heterocycles. The minimum absolute atomic E-state index is 1.08. The molecule has 0 unspecified atom stereocenters. The molecular weight excluding hydrogens is 196 g/mol. The Kier molecular flexibility index (Phi) is 5.94. The van der Waals surface area contributed by atoms with Gasteiger partial charge in [0.05, 0.1) is 0 Å². The molecular formula is C14H24N2. The van der Waals surface area contributed by atoms with E-state index in [-0.39, 0.29) is 0 Å². The van der Waals surface area contributed by atoms with Gasteiger partial charge in [-0.3, -0.25) is 0 Å². The van der Waals surface area contributed by atoms with E-state index in [1.165, 1.54) is 24.1 Å². The van der Waals surface area contributed by atoms with Gasteiger partial charge in [-0.2, -0.15) is 0 Å². The van der Waals surface area contributed by atoms with Crippen LogP contribution in [-0.2, 0) is 0 Å². The molecule has 0 saturated carbocycles. The van der Waals surface area contributed by atoms with Crippen molar-refractivity contribution >= 4 is 5.69 Å². The van der Waals surface area contributed by atoms with E-state index < -0.39 is 0 Å². The van der Waals surface area contributed by atoms with E-state index >= 15 is 0 Å². The van der Waals surface area contributed by atoms with Gasteiger partial charge in [0.25, 0.3) is 0 Å². The molecule has 0 radical (unpaired) electrons. The van der Waals surface area contributed by atoms with E-state index in [2.05, 4.69) is 55.4 Å². The van der Waals surface area contributed by atoms with Crippen molar-refractivity contribution in [2.45, 2.75) is 26.7 Å². The highest BCUT2D eigenvalue weighted by atomic mass is 15.1. The van der Waals surface area contributed by atoms with Crippen LogP contribution >= 0.6 is 0 Å². The Morgan fingerprint density at radius 3 is 2.75 bits per heavy atom. The first-order valence-corrected chi connectivity index (χ1v) is 6.22. The van der Waals surface area contributed by atoms with Gasteiger partial charge in [-0.1, -0.05) is 19.1 Å². The van der Waals surface area contributed by atoms with Gasteiger partial charge in [-0.05, 0) is 50.6 Å². The van der Waals surface area contributed by atoms with Gasteiger partial charge in [0.2, 0.25) is 0 Å². The third kappa shape index (κ3) is 4.67. The number of hydrogen-bond donors (Lipinski definition) is 1. The lowest BCUT2D eigenvalue weighted by molar-refractivity contribution is 0.638. The first kappa shape index (κ1) is 13.0. The summed E-state index contributed by atoms with van der Waals surface area (Å²) in [5.74, 6) is 0. The first-order chi connectivity index (χ1) is 7.74. The molecule has 0 aliphatic carbocycles. The molecule has 0 atom stereocenters. The summed E-state index contributed by atoms with van der Waals surface area (Å²) in [6, 6.07) is 8.68. The Balaban J connectivity index is 2.27. The molecule has 1 aromatic carbocycles. The number of anilines is 1. The second-order valence-electron chi connectivity index (χ2n) is 4.32. The zero-order chi connectivity index (χ0) is 11.8. The second-order valence-corrected chi connectivity index (χ2v) is 4.32. The van der Waals surface area contributed by atoms with Crippen LogP contribution in [0.5, 0.6) is 0 Å². The predicted molar refractivity (Wildman–Crippen MR) is 72.2 cm³/mol. The van der Waals surface area contributed by atoms with Gasteiger partial charge in [0.1, 0.15) is 0 Å². The molecule has 0 amide bonds. The predicted octanol–water partition coefficient (Wildman–Crippen LogP) is 2.82. The maximum atomic E-state index is 3.35. The van der Waals surface area contributed by atoms with Crippen molar-refractivity contribution in [1.82, 2.24) is 5.32 Å². The summed E-state index contributed by atoms with van der Waals surface area (Å²) in [5.41, 5.74) is 2.65. The summed E-state index contributed by atoms with van der Waals surface area (Å²) in [6.07, 6.45) is 2.50. The molecule has 0 bridgehead atoms. The fourth-order valence-electron chi connectivity index (χ4n) is 1.77. The molecule has 90 valence electrons. The quantitative estimate of drug-likeness (QED) is 0.711. The molecule has 0 spiro atoms. The number of hydrogen-bond acceptors (Lipinski definition) is 2. The van der Waals surface area contributed by atoms with E-state index in [4.69, 9.17) is 0 Å². The summed E-state index contributed by atoms with van der Waals surface area (Å²) in [4.78, 5) is 2.33. The van der Waals surface area contributed by atoms with Crippen LogP contribution in [0.2, 0.25) is 0 Å². The number of nitrogens with zero attached hydrogens (tertiary/aromatic N) is 1. The van der Waals surface area contributed by atoms with E-state index in [1.54, 1.807) is 0 Å². The molecule has 0 aromatic heterocycles. The molecule has 0 heterocycles. The second kappa shape index (κ2) is 7.29. The van der Waals surface area contributed by atoms with Crippen LogP contribution in [0, 0.1) is 6.92 Å². The van der Waals surface area contributed by atoms with E-state index in [0.29, 0.717) is 0 Å². The van der Waals surface area contributed by atoms with E-state index in [9.17, 15) is 0 Å². The Morgan fingerprint density at radius 1 is 1.25 bits per heavy atom. The fraction of sp³-hybridized carbons (Fsp3) is 0.571. The monoisotopic (exact) mass is 220 g/mol. The van der Waals surface area contributed by atoms with Gasteiger partial charge in [-0.15, -0.1) is 0 Å². The van der Waals surface area contributed by atoms with Crippen LogP contribution in [-0.4, -0.2) is 26.7 Å². The van der Waals surface area contributed by atoms with Crippen LogP contribution in [0.1, 0.15) is 25.3 Å². The zero-order valence-corrected chi connectivity index (χ0v) is 10.8. The highest BCUT2D eigenvalue weighted by Crippen LogP contribution is 2.14.